The second-order valence-corrected chi connectivity index (χ2v) is 10.8. The van der Waals surface area contributed by atoms with Crippen LogP contribution in [-0.2, 0) is 11.8 Å². The maximum Gasteiger partial charge on any atom is 0.199 e. The van der Waals surface area contributed by atoms with E-state index in [-0.39, 0.29) is 12.0 Å². The molecule has 2 N–H and O–H groups in total. The second kappa shape index (κ2) is 9.18. The first-order chi connectivity index (χ1) is 18.7. The SMILES string of the molecule is Cn1ccnc1-c1nc(N[C@@H]2CC[C@H](C=O)C2)c2c(-c3ccccc3)c(-c3cccc4[nH]ncc34)sc2n1. The molecule has 0 amide bonds. The van der Waals surface area contributed by atoms with Gasteiger partial charge in [0.05, 0.1) is 17.1 Å². The first-order valence-electron chi connectivity index (χ1n) is 12.7. The number of imidazole rings is 1. The zero-order chi connectivity index (χ0) is 25.6. The van der Waals surface area contributed by atoms with Crippen molar-refractivity contribution in [2.75, 3.05) is 5.32 Å². The zero-order valence-electron chi connectivity index (χ0n) is 20.8. The van der Waals surface area contributed by atoms with Gasteiger partial charge in [-0.15, -0.1) is 11.3 Å². The van der Waals surface area contributed by atoms with Crippen molar-refractivity contribution in [2.24, 2.45) is 13.0 Å². The van der Waals surface area contributed by atoms with Crippen molar-refractivity contribution in [3.63, 3.8) is 0 Å². The van der Waals surface area contributed by atoms with Crippen molar-refractivity contribution in [1.29, 1.82) is 0 Å². The van der Waals surface area contributed by atoms with Gasteiger partial charge in [0.25, 0.3) is 0 Å². The van der Waals surface area contributed by atoms with Gasteiger partial charge < -0.3 is 14.7 Å². The lowest BCUT2D eigenvalue weighted by Crippen LogP contribution is -2.17. The van der Waals surface area contributed by atoms with E-state index in [2.05, 4.69) is 56.9 Å². The molecule has 0 saturated heterocycles. The lowest BCUT2D eigenvalue weighted by atomic mass is 9.98. The minimum Gasteiger partial charge on any atom is -0.367 e. The van der Waals surface area contributed by atoms with Crippen molar-refractivity contribution in [3.8, 4) is 33.2 Å². The van der Waals surface area contributed by atoms with Crippen LogP contribution in [0.1, 0.15) is 19.3 Å². The summed E-state index contributed by atoms with van der Waals surface area (Å²) in [5.74, 6) is 2.15. The average Bonchev–Trinajstić information content (AvgIpc) is 3.74. The van der Waals surface area contributed by atoms with E-state index in [1.807, 2.05) is 36.1 Å². The molecule has 188 valence electrons. The number of aromatic amines is 1. The molecule has 1 aliphatic rings. The fraction of sp³-hybridized carbons (Fsp3) is 0.207. The summed E-state index contributed by atoms with van der Waals surface area (Å²) in [7, 11) is 1.95. The van der Waals surface area contributed by atoms with Gasteiger partial charge in [-0.2, -0.15) is 5.10 Å². The molecule has 2 aromatic carbocycles. The van der Waals surface area contributed by atoms with Crippen molar-refractivity contribution in [2.45, 2.75) is 25.3 Å². The molecule has 0 spiro atoms. The molecule has 0 radical (unpaired) electrons. The largest absolute Gasteiger partial charge is 0.367 e. The first-order valence-corrected chi connectivity index (χ1v) is 13.5. The van der Waals surface area contributed by atoms with Crippen molar-refractivity contribution >= 4 is 44.6 Å². The highest BCUT2D eigenvalue weighted by atomic mass is 32.1. The molecule has 38 heavy (non-hydrogen) atoms. The minimum absolute atomic E-state index is 0.0872. The maximum atomic E-state index is 11.5. The Balaban J connectivity index is 1.52. The van der Waals surface area contributed by atoms with Crippen molar-refractivity contribution in [1.82, 2.24) is 29.7 Å². The average molecular weight is 520 g/mol. The molecule has 1 aliphatic carbocycles. The maximum absolute atomic E-state index is 11.5. The monoisotopic (exact) mass is 519 g/mol. The van der Waals surface area contributed by atoms with E-state index in [1.165, 1.54) is 0 Å². The van der Waals surface area contributed by atoms with Crippen LogP contribution in [0.5, 0.6) is 0 Å². The molecular weight excluding hydrogens is 494 g/mol. The van der Waals surface area contributed by atoms with Crippen LogP contribution in [0, 0.1) is 5.92 Å². The number of aryl methyl sites for hydroxylation is 1. The Bertz CT molecular complexity index is 1790. The van der Waals surface area contributed by atoms with Crippen molar-refractivity contribution in [3.05, 3.63) is 67.1 Å². The Morgan fingerprint density at radius 1 is 1.11 bits per heavy atom. The van der Waals surface area contributed by atoms with Gasteiger partial charge in [0.1, 0.15) is 16.9 Å². The molecule has 6 aromatic rings. The third-order valence-corrected chi connectivity index (χ3v) is 8.49. The molecule has 4 aromatic heterocycles. The number of nitrogens with zero attached hydrogens (tertiary/aromatic N) is 5. The molecule has 1 fully saturated rings. The van der Waals surface area contributed by atoms with Gasteiger partial charge in [0.2, 0.25) is 0 Å². The molecule has 0 aliphatic heterocycles. The Kier molecular flexibility index (Phi) is 5.51. The molecule has 2 atom stereocenters. The normalized spacial score (nSPS) is 17.4. The highest BCUT2D eigenvalue weighted by Crippen LogP contribution is 2.48. The molecule has 1 saturated carbocycles. The standard InChI is InChI=1S/C29H25N7OS/c1-36-13-12-30-28(36)27-33-26(32-19-11-10-17(14-19)16-37)24-23(18-6-3-2-4-7-18)25(38-29(24)34-27)20-8-5-9-22-21(20)15-31-35-22/h2-9,12-13,15-17,19H,10-11,14H2,1H3,(H,31,35)(H,32,33,34)/t17-,19+/m0/s1. The third-order valence-electron chi connectivity index (χ3n) is 7.37. The number of anilines is 1. The Morgan fingerprint density at radius 3 is 2.79 bits per heavy atom. The number of thiophene rings is 1. The minimum atomic E-state index is 0.0872. The lowest BCUT2D eigenvalue weighted by Gasteiger charge is -2.16. The molecule has 7 rings (SSSR count). The summed E-state index contributed by atoms with van der Waals surface area (Å²) in [6.07, 6.45) is 9.25. The number of H-pyrrole nitrogens is 1. The topological polar surface area (TPSA) is 101 Å². The number of carbonyl (C=O) groups is 1. The van der Waals surface area contributed by atoms with Crippen LogP contribution in [0.4, 0.5) is 5.82 Å². The van der Waals surface area contributed by atoms with Gasteiger partial charge in [0.15, 0.2) is 11.6 Å². The van der Waals surface area contributed by atoms with Crippen LogP contribution in [0.2, 0.25) is 0 Å². The van der Waals surface area contributed by atoms with Gasteiger partial charge in [-0.1, -0.05) is 42.5 Å². The summed E-state index contributed by atoms with van der Waals surface area (Å²) in [6.45, 7) is 0. The van der Waals surface area contributed by atoms with E-state index >= 15 is 0 Å². The lowest BCUT2D eigenvalue weighted by molar-refractivity contribution is -0.110. The Hall–Kier alpha value is -4.37. The highest BCUT2D eigenvalue weighted by molar-refractivity contribution is 7.22. The van der Waals surface area contributed by atoms with Crippen LogP contribution < -0.4 is 5.32 Å². The van der Waals surface area contributed by atoms with E-state index in [1.54, 1.807) is 17.5 Å². The Morgan fingerprint density at radius 2 is 2.00 bits per heavy atom. The number of benzene rings is 2. The van der Waals surface area contributed by atoms with Crippen LogP contribution in [0.25, 0.3) is 54.3 Å². The van der Waals surface area contributed by atoms with Crippen molar-refractivity contribution < 1.29 is 4.79 Å². The van der Waals surface area contributed by atoms with Gasteiger partial charge in [-0.05, 0) is 30.9 Å². The highest BCUT2D eigenvalue weighted by Gasteiger charge is 2.28. The third kappa shape index (κ3) is 3.78. The number of fused-ring (bicyclic) bond motifs is 2. The number of hydrogen-bond donors (Lipinski definition) is 2. The summed E-state index contributed by atoms with van der Waals surface area (Å²) in [5, 5.41) is 13.2. The molecule has 9 heteroatoms. The van der Waals surface area contributed by atoms with Gasteiger partial charge >= 0.3 is 0 Å². The number of aldehydes is 1. The van der Waals surface area contributed by atoms with Crippen LogP contribution in [0.3, 0.4) is 0 Å². The second-order valence-electron chi connectivity index (χ2n) is 9.80. The summed E-state index contributed by atoms with van der Waals surface area (Å²) < 4.78 is 1.93. The fourth-order valence-corrected chi connectivity index (χ4v) is 6.72. The van der Waals surface area contributed by atoms with Gasteiger partial charge in [-0.3, -0.25) is 5.10 Å². The Labute approximate surface area is 222 Å². The number of nitrogens with one attached hydrogen (secondary N) is 2. The molecule has 0 bridgehead atoms. The summed E-state index contributed by atoms with van der Waals surface area (Å²) in [5.41, 5.74) is 4.29. The summed E-state index contributed by atoms with van der Waals surface area (Å²) >= 11 is 1.66. The fourth-order valence-electron chi connectivity index (χ4n) is 5.49. The first kappa shape index (κ1) is 22.8. The van der Waals surface area contributed by atoms with E-state index < -0.39 is 0 Å². The van der Waals surface area contributed by atoms with Crippen LogP contribution >= 0.6 is 11.3 Å². The van der Waals surface area contributed by atoms with Gasteiger partial charge in [-0.25, -0.2) is 15.0 Å². The smallest absolute Gasteiger partial charge is 0.199 e. The number of aromatic nitrogens is 6. The van der Waals surface area contributed by atoms with E-state index in [9.17, 15) is 4.79 Å². The summed E-state index contributed by atoms with van der Waals surface area (Å²) in [4.78, 5) is 28.1. The predicted octanol–water partition coefficient (Wildman–Crippen LogP) is 6.08. The quantitative estimate of drug-likeness (QED) is 0.259. The van der Waals surface area contributed by atoms with E-state index in [4.69, 9.17) is 9.97 Å². The van der Waals surface area contributed by atoms with E-state index in [0.717, 1.165) is 74.1 Å². The number of hydrogen-bond acceptors (Lipinski definition) is 7. The number of carbonyl (C=O) groups excluding carboxylic acids is 1. The van der Waals surface area contributed by atoms with Gasteiger partial charge in [0, 0.05) is 52.8 Å². The van der Waals surface area contributed by atoms with E-state index in [0.29, 0.717) is 11.6 Å². The molecule has 8 nitrogen and oxygen atoms in total. The van der Waals surface area contributed by atoms with Crippen LogP contribution in [0.15, 0.2) is 67.1 Å². The summed E-state index contributed by atoms with van der Waals surface area (Å²) in [6, 6.07) is 16.8. The molecule has 0 unspecified atom stereocenters. The zero-order valence-corrected chi connectivity index (χ0v) is 21.6. The predicted molar refractivity (Wildman–Crippen MR) is 151 cm³/mol. The van der Waals surface area contributed by atoms with Crippen LogP contribution in [-0.4, -0.2) is 42.0 Å². The molecular formula is C29H25N7OS. The number of rotatable bonds is 6. The molecule has 4 heterocycles.